The van der Waals surface area contributed by atoms with Crippen LogP contribution in [0.1, 0.15) is 13.8 Å². The van der Waals surface area contributed by atoms with Crippen molar-refractivity contribution < 1.29 is 9.53 Å². The van der Waals surface area contributed by atoms with Gasteiger partial charge in [0.15, 0.2) is 5.78 Å². The Hall–Kier alpha value is -0.670. The first-order chi connectivity index (χ1) is 6.06. The molecule has 0 spiro atoms. The summed E-state index contributed by atoms with van der Waals surface area (Å²) in [6, 6.07) is 0. The van der Waals surface area contributed by atoms with Gasteiger partial charge >= 0.3 is 0 Å². The molecule has 0 radical (unpaired) electrons. The second-order valence-electron chi connectivity index (χ2n) is 3.84. The molecule has 1 heterocycles. The first-order valence-corrected chi connectivity index (χ1v) is 4.50. The van der Waals surface area contributed by atoms with Gasteiger partial charge in [-0.25, -0.2) is 0 Å². The molecule has 0 saturated carbocycles. The Balaban J connectivity index is 2.18. The molecule has 0 N–H and O–H groups in total. The fraction of sp³-hybridized carbons (Fsp3) is 0.700. The molecule has 1 aliphatic rings. The summed E-state index contributed by atoms with van der Waals surface area (Å²) in [7, 11) is 1.74. The average Bonchev–Trinajstić information content (AvgIpc) is 2.00. The molecular weight excluding hydrogens is 166 g/mol. The molecule has 3 nitrogen and oxygen atoms in total. The summed E-state index contributed by atoms with van der Waals surface area (Å²) < 4.78 is 5.30. The van der Waals surface area contributed by atoms with Gasteiger partial charge in [0, 0.05) is 26.7 Å². The summed E-state index contributed by atoms with van der Waals surface area (Å²) >= 11 is 0. The summed E-state index contributed by atoms with van der Waals surface area (Å²) in [5.74, 6) is 0.107. The lowest BCUT2D eigenvalue weighted by Crippen LogP contribution is -2.60. The van der Waals surface area contributed by atoms with Gasteiger partial charge in [-0.15, -0.1) is 0 Å². The zero-order valence-electron chi connectivity index (χ0n) is 8.54. The van der Waals surface area contributed by atoms with Gasteiger partial charge in [0.05, 0.1) is 5.60 Å². The van der Waals surface area contributed by atoms with Crippen LogP contribution in [0.5, 0.6) is 0 Å². The topological polar surface area (TPSA) is 29.5 Å². The lowest BCUT2D eigenvalue weighted by atomic mass is 9.97. The van der Waals surface area contributed by atoms with Gasteiger partial charge in [0.2, 0.25) is 0 Å². The second kappa shape index (κ2) is 4.03. The van der Waals surface area contributed by atoms with Crippen molar-refractivity contribution in [1.82, 2.24) is 4.90 Å². The van der Waals surface area contributed by atoms with Crippen molar-refractivity contribution in [3.8, 4) is 0 Å². The fourth-order valence-corrected chi connectivity index (χ4v) is 1.53. The number of carbonyl (C=O) groups is 1. The minimum absolute atomic E-state index is 0.0318. The summed E-state index contributed by atoms with van der Waals surface area (Å²) in [6.07, 6.45) is 3.51. The van der Waals surface area contributed by atoms with E-state index >= 15 is 0 Å². The standard InChI is InChI=1S/C10H17NO2/c1-9(12)5-4-6-11-7-10(2,8-11)13-3/h4-5H,6-8H2,1-3H3/b5-4+. The summed E-state index contributed by atoms with van der Waals surface area (Å²) in [5, 5.41) is 0. The van der Waals surface area contributed by atoms with Crippen molar-refractivity contribution >= 4 is 5.78 Å². The fourth-order valence-electron chi connectivity index (χ4n) is 1.53. The molecule has 74 valence electrons. The van der Waals surface area contributed by atoms with Crippen molar-refractivity contribution in [2.45, 2.75) is 19.4 Å². The molecular formula is C10H17NO2. The third-order valence-electron chi connectivity index (χ3n) is 2.33. The smallest absolute Gasteiger partial charge is 0.152 e. The van der Waals surface area contributed by atoms with Crippen LogP contribution in [0.4, 0.5) is 0 Å². The van der Waals surface area contributed by atoms with Gasteiger partial charge in [-0.3, -0.25) is 9.69 Å². The molecule has 0 unspecified atom stereocenters. The molecule has 1 aliphatic heterocycles. The van der Waals surface area contributed by atoms with E-state index in [1.54, 1.807) is 20.1 Å². The lowest BCUT2D eigenvalue weighted by molar-refractivity contribution is -0.112. The number of hydrogen-bond acceptors (Lipinski definition) is 3. The van der Waals surface area contributed by atoms with Crippen LogP contribution in [-0.4, -0.2) is 43.0 Å². The molecule has 0 atom stereocenters. The van der Waals surface area contributed by atoms with Crippen LogP contribution < -0.4 is 0 Å². The summed E-state index contributed by atoms with van der Waals surface area (Å²) in [5.41, 5.74) is 0.0318. The maximum absolute atomic E-state index is 10.6. The molecule has 1 fully saturated rings. The minimum Gasteiger partial charge on any atom is -0.376 e. The maximum atomic E-state index is 10.6. The van der Waals surface area contributed by atoms with Gasteiger partial charge in [-0.2, -0.15) is 0 Å². The highest BCUT2D eigenvalue weighted by molar-refractivity contribution is 5.87. The highest BCUT2D eigenvalue weighted by Gasteiger charge is 2.37. The first kappa shape index (κ1) is 10.4. The Morgan fingerprint density at radius 1 is 1.62 bits per heavy atom. The van der Waals surface area contributed by atoms with Gasteiger partial charge < -0.3 is 4.74 Å². The SMILES string of the molecule is COC1(C)CN(C/C=C/C(C)=O)C1. The van der Waals surface area contributed by atoms with Crippen LogP contribution in [0.2, 0.25) is 0 Å². The molecule has 0 aromatic rings. The zero-order chi connectivity index (χ0) is 9.90. The highest BCUT2D eigenvalue weighted by Crippen LogP contribution is 2.22. The number of nitrogens with zero attached hydrogens (tertiary/aromatic N) is 1. The Morgan fingerprint density at radius 3 is 2.69 bits per heavy atom. The average molecular weight is 183 g/mol. The first-order valence-electron chi connectivity index (χ1n) is 4.50. The van der Waals surface area contributed by atoms with Crippen LogP contribution in [0.25, 0.3) is 0 Å². The third-order valence-corrected chi connectivity index (χ3v) is 2.33. The Bertz CT molecular complexity index is 217. The molecule has 3 heteroatoms. The predicted molar refractivity (Wildman–Crippen MR) is 51.7 cm³/mol. The van der Waals surface area contributed by atoms with Crippen molar-refractivity contribution in [1.29, 1.82) is 0 Å². The Labute approximate surface area is 79.4 Å². The Morgan fingerprint density at radius 2 is 2.23 bits per heavy atom. The molecule has 0 aromatic heterocycles. The number of likely N-dealkylation sites (tertiary alicyclic amines) is 1. The number of allylic oxidation sites excluding steroid dienone is 1. The number of methoxy groups -OCH3 is 1. The number of rotatable bonds is 4. The third kappa shape index (κ3) is 2.94. The van der Waals surface area contributed by atoms with Gasteiger partial charge in [0.25, 0.3) is 0 Å². The minimum atomic E-state index is 0.0318. The predicted octanol–water partition coefficient (Wildman–Crippen LogP) is 0.852. The quantitative estimate of drug-likeness (QED) is 0.605. The number of hydrogen-bond donors (Lipinski definition) is 0. The normalized spacial score (nSPS) is 21.8. The monoisotopic (exact) mass is 183 g/mol. The van der Waals surface area contributed by atoms with E-state index < -0.39 is 0 Å². The van der Waals surface area contributed by atoms with Crippen LogP contribution in [0, 0.1) is 0 Å². The molecule has 0 aromatic carbocycles. The summed E-state index contributed by atoms with van der Waals surface area (Å²) in [4.78, 5) is 12.8. The van der Waals surface area contributed by atoms with E-state index in [0.29, 0.717) is 0 Å². The van der Waals surface area contributed by atoms with Gasteiger partial charge in [0.1, 0.15) is 0 Å². The van der Waals surface area contributed by atoms with E-state index in [0.717, 1.165) is 19.6 Å². The number of ketones is 1. The van der Waals surface area contributed by atoms with E-state index in [2.05, 4.69) is 11.8 Å². The summed E-state index contributed by atoms with van der Waals surface area (Å²) in [6.45, 7) is 6.40. The van der Waals surface area contributed by atoms with E-state index in [-0.39, 0.29) is 11.4 Å². The molecule has 1 rings (SSSR count). The van der Waals surface area contributed by atoms with Crippen molar-refractivity contribution in [3.05, 3.63) is 12.2 Å². The van der Waals surface area contributed by atoms with Crippen molar-refractivity contribution in [3.63, 3.8) is 0 Å². The van der Waals surface area contributed by atoms with Crippen LogP contribution >= 0.6 is 0 Å². The largest absolute Gasteiger partial charge is 0.376 e. The van der Waals surface area contributed by atoms with Gasteiger partial charge in [-0.05, 0) is 19.9 Å². The van der Waals surface area contributed by atoms with E-state index in [4.69, 9.17) is 4.74 Å². The Kier molecular flexibility index (Phi) is 3.22. The molecule has 1 saturated heterocycles. The number of ether oxygens (including phenoxy) is 1. The molecule has 0 amide bonds. The maximum Gasteiger partial charge on any atom is 0.152 e. The molecule has 13 heavy (non-hydrogen) atoms. The van der Waals surface area contributed by atoms with Crippen LogP contribution in [-0.2, 0) is 9.53 Å². The van der Waals surface area contributed by atoms with E-state index in [1.807, 2.05) is 6.08 Å². The van der Waals surface area contributed by atoms with Crippen LogP contribution in [0.15, 0.2) is 12.2 Å². The van der Waals surface area contributed by atoms with E-state index in [9.17, 15) is 4.79 Å². The lowest BCUT2D eigenvalue weighted by Gasteiger charge is -2.46. The second-order valence-corrected chi connectivity index (χ2v) is 3.84. The van der Waals surface area contributed by atoms with Crippen molar-refractivity contribution in [2.75, 3.05) is 26.7 Å². The van der Waals surface area contributed by atoms with Crippen molar-refractivity contribution in [2.24, 2.45) is 0 Å². The molecule has 0 aliphatic carbocycles. The van der Waals surface area contributed by atoms with Crippen LogP contribution in [0.3, 0.4) is 0 Å². The van der Waals surface area contributed by atoms with E-state index in [1.165, 1.54) is 0 Å². The van der Waals surface area contributed by atoms with Gasteiger partial charge in [-0.1, -0.05) is 6.08 Å². The highest BCUT2D eigenvalue weighted by atomic mass is 16.5. The number of carbonyl (C=O) groups excluding carboxylic acids is 1. The molecule has 0 bridgehead atoms. The zero-order valence-corrected chi connectivity index (χ0v) is 8.54.